The largest absolute Gasteiger partial charge is 0.497 e. The van der Waals surface area contributed by atoms with Crippen molar-refractivity contribution in [1.29, 1.82) is 0 Å². The van der Waals surface area contributed by atoms with Crippen LogP contribution >= 0.6 is 0 Å². The number of amides is 1. The molecule has 0 fully saturated rings. The van der Waals surface area contributed by atoms with Crippen LogP contribution in [-0.2, 0) is 11.3 Å². The summed E-state index contributed by atoms with van der Waals surface area (Å²) in [5.41, 5.74) is 1.000. The predicted molar refractivity (Wildman–Crippen MR) is 131 cm³/mol. The molecule has 1 heterocycles. The van der Waals surface area contributed by atoms with Crippen LogP contribution in [0.3, 0.4) is 0 Å². The lowest BCUT2D eigenvalue weighted by molar-refractivity contribution is -0.121. The van der Waals surface area contributed by atoms with Crippen LogP contribution in [0.1, 0.15) is 32.1 Å². The highest BCUT2D eigenvalue weighted by molar-refractivity contribution is 5.82. The Hall–Kier alpha value is -3.81. The van der Waals surface area contributed by atoms with E-state index in [0.717, 1.165) is 23.8 Å². The van der Waals surface area contributed by atoms with E-state index in [2.05, 4.69) is 11.4 Å². The predicted octanol–water partition coefficient (Wildman–Crippen LogP) is 3.18. The molecule has 0 radical (unpaired) electrons. The molecule has 0 saturated heterocycles. The smallest absolute Gasteiger partial charge is 0.336 e. The first-order valence-electron chi connectivity index (χ1n) is 11.4. The molecule has 0 atom stereocenters. The Morgan fingerprint density at radius 2 is 1.76 bits per heavy atom. The summed E-state index contributed by atoms with van der Waals surface area (Å²) in [7, 11) is 2.99. The van der Waals surface area contributed by atoms with E-state index in [-0.39, 0.29) is 12.5 Å². The third-order valence-corrected chi connectivity index (χ3v) is 6.10. The molecule has 1 aromatic heterocycles. The molecule has 0 bridgehead atoms. The number of carbonyl (C=O) groups excluding carboxylic acids is 1. The number of fused-ring (bicyclic) bond motifs is 1. The number of nitrogens with one attached hydrogen (secondary N) is 1. The second kappa shape index (κ2) is 10.4. The lowest BCUT2D eigenvalue weighted by Crippen LogP contribution is -2.42. The van der Waals surface area contributed by atoms with Gasteiger partial charge in [-0.1, -0.05) is 23.8 Å². The van der Waals surface area contributed by atoms with Crippen LogP contribution in [0.25, 0.3) is 16.6 Å². The quantitative estimate of drug-likeness (QED) is 0.518. The first-order chi connectivity index (χ1) is 16.5. The molecule has 8 nitrogen and oxygen atoms in total. The third-order valence-electron chi connectivity index (χ3n) is 6.10. The number of rotatable bonds is 8. The fourth-order valence-electron chi connectivity index (χ4n) is 4.32. The lowest BCUT2D eigenvalue weighted by Gasteiger charge is -2.16. The van der Waals surface area contributed by atoms with Gasteiger partial charge in [0.05, 0.1) is 30.8 Å². The number of nitrogens with zero attached hydrogens (tertiary/aromatic N) is 2. The number of ether oxygens (including phenoxy) is 2. The van der Waals surface area contributed by atoms with Crippen molar-refractivity contribution < 1.29 is 14.3 Å². The van der Waals surface area contributed by atoms with Crippen molar-refractivity contribution in [3.8, 4) is 17.2 Å². The first-order valence-corrected chi connectivity index (χ1v) is 11.4. The zero-order valence-corrected chi connectivity index (χ0v) is 19.5. The van der Waals surface area contributed by atoms with Gasteiger partial charge in [-0.3, -0.25) is 14.2 Å². The average Bonchev–Trinajstić information content (AvgIpc) is 2.87. The minimum Gasteiger partial charge on any atom is -0.497 e. The zero-order valence-electron chi connectivity index (χ0n) is 19.5. The monoisotopic (exact) mass is 463 g/mol. The standard InChI is InChI=1S/C26H29N3O5/c1-33-20-14-19(15-21(16-20)34-2)29-25(31)22-10-6-7-11-23(22)28(26(29)32)17-24(30)27-13-12-18-8-4-3-5-9-18/h6-8,10-11,14-16H,3-5,9,12-13,17H2,1-2H3,(H,27,30). The van der Waals surface area contributed by atoms with Gasteiger partial charge < -0.3 is 14.8 Å². The number of para-hydroxylation sites is 1. The van der Waals surface area contributed by atoms with Crippen molar-refractivity contribution >= 4 is 16.8 Å². The first kappa shape index (κ1) is 23.4. The van der Waals surface area contributed by atoms with Gasteiger partial charge in [0, 0.05) is 24.7 Å². The van der Waals surface area contributed by atoms with Gasteiger partial charge in [0.1, 0.15) is 18.0 Å². The summed E-state index contributed by atoms with van der Waals surface area (Å²) in [6.45, 7) is 0.323. The van der Waals surface area contributed by atoms with Gasteiger partial charge in [0.15, 0.2) is 0 Å². The molecule has 1 amide bonds. The lowest BCUT2D eigenvalue weighted by atomic mass is 9.97. The van der Waals surface area contributed by atoms with E-state index >= 15 is 0 Å². The van der Waals surface area contributed by atoms with Crippen molar-refractivity contribution in [1.82, 2.24) is 14.5 Å². The summed E-state index contributed by atoms with van der Waals surface area (Å²) in [6.07, 6.45) is 7.66. The van der Waals surface area contributed by atoms with Crippen molar-refractivity contribution in [2.45, 2.75) is 38.6 Å². The SMILES string of the molecule is COc1cc(OC)cc(-n2c(=O)c3ccccc3n(CC(=O)NCCC3=CCCCC3)c2=O)c1. The zero-order chi connectivity index (χ0) is 24.1. The van der Waals surface area contributed by atoms with Gasteiger partial charge in [0.25, 0.3) is 5.56 Å². The maximum atomic E-state index is 13.5. The highest BCUT2D eigenvalue weighted by Crippen LogP contribution is 2.24. The van der Waals surface area contributed by atoms with Gasteiger partial charge in [0.2, 0.25) is 5.91 Å². The molecule has 1 N–H and O–H groups in total. The molecule has 1 aliphatic carbocycles. The molecule has 1 aliphatic rings. The Labute approximate surface area is 197 Å². The third kappa shape index (κ3) is 4.90. The van der Waals surface area contributed by atoms with Crippen LogP contribution in [-0.4, -0.2) is 35.8 Å². The number of allylic oxidation sites excluding steroid dienone is 1. The molecule has 0 spiro atoms. The number of hydrogen-bond acceptors (Lipinski definition) is 5. The van der Waals surface area contributed by atoms with Crippen LogP contribution < -0.4 is 26.0 Å². The number of aromatic nitrogens is 2. The van der Waals surface area contributed by atoms with E-state index in [0.29, 0.717) is 34.6 Å². The fraction of sp³-hybridized carbons (Fsp3) is 0.346. The summed E-state index contributed by atoms with van der Waals surface area (Å²) >= 11 is 0. The van der Waals surface area contributed by atoms with E-state index in [1.165, 1.54) is 37.2 Å². The van der Waals surface area contributed by atoms with Crippen LogP contribution in [0.2, 0.25) is 0 Å². The molecule has 3 aromatic rings. The van der Waals surface area contributed by atoms with E-state index in [1.54, 1.807) is 42.5 Å². The van der Waals surface area contributed by atoms with Gasteiger partial charge >= 0.3 is 5.69 Å². The summed E-state index contributed by atoms with van der Waals surface area (Å²) in [4.78, 5) is 39.6. The summed E-state index contributed by atoms with van der Waals surface area (Å²) in [5.74, 6) is 0.599. The molecule has 34 heavy (non-hydrogen) atoms. The van der Waals surface area contributed by atoms with Gasteiger partial charge in [-0.15, -0.1) is 0 Å². The summed E-state index contributed by atoms with van der Waals surface area (Å²) in [5, 5.41) is 3.25. The van der Waals surface area contributed by atoms with E-state index in [9.17, 15) is 14.4 Å². The molecule has 0 unspecified atom stereocenters. The second-order valence-corrected chi connectivity index (χ2v) is 8.31. The Balaban J connectivity index is 1.70. The Bertz CT molecular complexity index is 1330. The molecule has 8 heteroatoms. The maximum Gasteiger partial charge on any atom is 0.336 e. The van der Waals surface area contributed by atoms with E-state index in [1.807, 2.05) is 0 Å². The number of benzene rings is 2. The summed E-state index contributed by atoms with van der Waals surface area (Å²) in [6, 6.07) is 11.6. The average molecular weight is 464 g/mol. The Morgan fingerprint density at radius 1 is 1.03 bits per heavy atom. The number of methoxy groups -OCH3 is 2. The van der Waals surface area contributed by atoms with Crippen molar-refractivity contribution in [3.63, 3.8) is 0 Å². The highest BCUT2D eigenvalue weighted by atomic mass is 16.5. The second-order valence-electron chi connectivity index (χ2n) is 8.31. The summed E-state index contributed by atoms with van der Waals surface area (Å²) < 4.78 is 13.0. The number of hydrogen-bond donors (Lipinski definition) is 1. The molecular weight excluding hydrogens is 434 g/mol. The van der Waals surface area contributed by atoms with E-state index in [4.69, 9.17) is 9.47 Å². The Morgan fingerprint density at radius 3 is 2.44 bits per heavy atom. The topological polar surface area (TPSA) is 91.6 Å². The highest BCUT2D eigenvalue weighted by Gasteiger charge is 2.17. The molecule has 178 valence electrons. The molecule has 4 rings (SSSR count). The fourth-order valence-corrected chi connectivity index (χ4v) is 4.32. The Kier molecular flexibility index (Phi) is 7.15. The normalized spacial score (nSPS) is 13.4. The van der Waals surface area contributed by atoms with Crippen molar-refractivity contribution in [2.75, 3.05) is 20.8 Å². The molecule has 2 aromatic carbocycles. The van der Waals surface area contributed by atoms with Crippen molar-refractivity contribution in [2.24, 2.45) is 0 Å². The van der Waals surface area contributed by atoms with Crippen LogP contribution in [0, 0.1) is 0 Å². The number of carbonyl (C=O) groups is 1. The van der Waals surface area contributed by atoms with Crippen LogP contribution in [0.15, 0.2) is 63.7 Å². The van der Waals surface area contributed by atoms with Crippen LogP contribution in [0.4, 0.5) is 0 Å². The van der Waals surface area contributed by atoms with Gasteiger partial charge in [-0.2, -0.15) is 0 Å². The van der Waals surface area contributed by atoms with Gasteiger partial charge in [-0.05, 0) is 44.2 Å². The van der Waals surface area contributed by atoms with Crippen molar-refractivity contribution in [3.05, 3.63) is 75.0 Å². The molecule has 0 saturated carbocycles. The molecule has 0 aliphatic heterocycles. The maximum absolute atomic E-state index is 13.5. The van der Waals surface area contributed by atoms with Crippen LogP contribution in [0.5, 0.6) is 11.5 Å². The minimum atomic E-state index is -0.607. The molecular formula is C26H29N3O5. The van der Waals surface area contributed by atoms with E-state index < -0.39 is 11.2 Å². The van der Waals surface area contributed by atoms with Gasteiger partial charge in [-0.25, -0.2) is 9.36 Å². The minimum absolute atomic E-state index is 0.195.